The number of unbranched alkanes of at least 4 members (excludes halogenated alkanes) is 30. The highest BCUT2D eigenvalue weighted by atomic mass is 32.1. The predicted molar refractivity (Wildman–Crippen MR) is 232 cm³/mol. The van der Waals surface area contributed by atoms with E-state index in [1.165, 1.54) is 186 Å². The number of carboxylic acid groups (broad SMARTS) is 2. The second-order valence-corrected chi connectivity index (χ2v) is 15.2. The van der Waals surface area contributed by atoms with Gasteiger partial charge in [-0.2, -0.15) is 25.3 Å². The molecule has 50 heavy (non-hydrogen) atoms. The highest BCUT2D eigenvalue weighted by Gasteiger charge is 1.97. The molecule has 0 rings (SSSR count). The maximum Gasteiger partial charge on any atom is 0.303 e. The molecule has 0 aliphatic heterocycles. The third kappa shape index (κ3) is 73.1. The maximum atomic E-state index is 10.4. The van der Waals surface area contributed by atoms with Crippen LogP contribution in [0.5, 0.6) is 0 Å². The van der Waals surface area contributed by atoms with E-state index in [4.69, 9.17) is 10.2 Å². The molecule has 0 saturated heterocycles. The van der Waals surface area contributed by atoms with Crippen molar-refractivity contribution in [2.45, 2.75) is 259 Å². The summed E-state index contributed by atoms with van der Waals surface area (Å²) in [5, 5.41) is 16.7. The van der Waals surface area contributed by atoms with Crippen LogP contribution in [0.1, 0.15) is 259 Å². The van der Waals surface area contributed by atoms with Gasteiger partial charge >= 0.3 is 11.9 Å². The molecular formula is C44H92O4S2. The molecule has 0 bridgehead atoms. The molecule has 0 aromatic rings. The molecule has 0 aromatic carbocycles. The summed E-state index contributed by atoms with van der Waals surface area (Å²) in [7, 11) is 0. The standard InChI is InChI=1S/C20H40O2.C12H26S.C6H12O2.C6H14S/c1-2-3-4-5-6-7-8-9-10-11-12-13-14-15-16-17-18-19-20(21)22;1-2-3-4-5-6-7-8-9-10-11-12-13;1-2-3-4-5-6(7)8;1-2-3-4-5-6-7/h2-19H2,1H3,(H,21,22);13H,2-12H2,1H3;2-5H2,1H3,(H,7,8);7H,2-6H2,1H3. The minimum atomic E-state index is -0.682. The number of hydrogen-bond acceptors (Lipinski definition) is 4. The van der Waals surface area contributed by atoms with Gasteiger partial charge in [-0.25, -0.2) is 0 Å². The highest BCUT2D eigenvalue weighted by molar-refractivity contribution is 7.80. The average molecular weight is 749 g/mol. The zero-order chi connectivity index (χ0) is 38.0. The summed E-state index contributed by atoms with van der Waals surface area (Å²) in [6.45, 7) is 8.83. The summed E-state index contributed by atoms with van der Waals surface area (Å²) in [6.07, 6.45) is 46.0. The van der Waals surface area contributed by atoms with Gasteiger partial charge in [-0.05, 0) is 37.2 Å². The largest absolute Gasteiger partial charge is 0.481 e. The first kappa shape index (κ1) is 56.4. The lowest BCUT2D eigenvalue weighted by molar-refractivity contribution is -0.138. The zero-order valence-corrected chi connectivity index (χ0v) is 36.3. The van der Waals surface area contributed by atoms with E-state index < -0.39 is 11.9 Å². The van der Waals surface area contributed by atoms with E-state index >= 15 is 0 Å². The SMILES string of the molecule is CCCCCC(=O)O.CCCCCCCCCCCCCCCCCCCC(=O)O.CCCCCCCCCCCCS.CCCCCCS. The molecule has 0 unspecified atom stereocenters. The van der Waals surface area contributed by atoms with Gasteiger partial charge < -0.3 is 10.2 Å². The molecule has 0 aliphatic carbocycles. The Bertz CT molecular complexity index is 574. The Hall–Kier alpha value is -0.360. The van der Waals surface area contributed by atoms with Gasteiger partial charge in [0.05, 0.1) is 0 Å². The lowest BCUT2D eigenvalue weighted by Gasteiger charge is -2.03. The molecule has 0 spiro atoms. The number of aliphatic carboxylic acids is 2. The minimum Gasteiger partial charge on any atom is -0.481 e. The Labute approximate surface area is 326 Å². The van der Waals surface area contributed by atoms with Crippen LogP contribution in [0.25, 0.3) is 0 Å². The van der Waals surface area contributed by atoms with E-state index in [9.17, 15) is 9.59 Å². The third-order valence-corrected chi connectivity index (χ3v) is 9.64. The van der Waals surface area contributed by atoms with Crippen LogP contribution in [-0.2, 0) is 9.59 Å². The highest BCUT2D eigenvalue weighted by Crippen LogP contribution is 2.14. The number of carboxylic acids is 2. The zero-order valence-electron chi connectivity index (χ0n) is 34.5. The van der Waals surface area contributed by atoms with E-state index in [0.29, 0.717) is 12.8 Å². The van der Waals surface area contributed by atoms with Crippen LogP contribution < -0.4 is 0 Å². The summed E-state index contributed by atoms with van der Waals surface area (Å²) in [5.41, 5.74) is 0. The van der Waals surface area contributed by atoms with Crippen molar-refractivity contribution in [1.82, 2.24) is 0 Å². The van der Waals surface area contributed by atoms with Crippen LogP contribution in [0.3, 0.4) is 0 Å². The van der Waals surface area contributed by atoms with Crippen LogP contribution in [-0.4, -0.2) is 33.7 Å². The van der Waals surface area contributed by atoms with Crippen LogP contribution >= 0.6 is 25.3 Å². The molecule has 0 aliphatic rings. The molecule has 2 N–H and O–H groups in total. The van der Waals surface area contributed by atoms with Gasteiger partial charge in [-0.1, -0.05) is 220 Å². The molecule has 0 atom stereocenters. The molecule has 0 radical (unpaired) electrons. The Morgan fingerprint density at radius 2 is 0.460 bits per heavy atom. The molecule has 0 fully saturated rings. The van der Waals surface area contributed by atoms with Gasteiger partial charge in [0.25, 0.3) is 0 Å². The van der Waals surface area contributed by atoms with Gasteiger partial charge in [-0.3, -0.25) is 9.59 Å². The lowest BCUT2D eigenvalue weighted by Crippen LogP contribution is -1.93. The summed E-state index contributed by atoms with van der Waals surface area (Å²) in [4.78, 5) is 20.2. The average Bonchev–Trinajstić information content (AvgIpc) is 3.10. The van der Waals surface area contributed by atoms with E-state index in [1.54, 1.807) is 0 Å². The Morgan fingerprint density at radius 3 is 0.680 bits per heavy atom. The summed E-state index contributed by atoms with van der Waals surface area (Å²) in [6, 6.07) is 0. The maximum absolute atomic E-state index is 10.4. The first-order valence-electron chi connectivity index (χ1n) is 22.0. The minimum absolute atomic E-state index is 0.327. The van der Waals surface area contributed by atoms with Gasteiger partial charge in [-0.15, -0.1) is 0 Å². The molecule has 304 valence electrons. The van der Waals surface area contributed by atoms with Crippen LogP contribution in [0.15, 0.2) is 0 Å². The molecule has 6 heteroatoms. The summed E-state index contributed by atoms with van der Waals surface area (Å²) >= 11 is 8.30. The van der Waals surface area contributed by atoms with Crippen LogP contribution in [0.2, 0.25) is 0 Å². The van der Waals surface area contributed by atoms with Crippen molar-refractivity contribution >= 4 is 37.2 Å². The van der Waals surface area contributed by atoms with E-state index in [1.807, 2.05) is 0 Å². The van der Waals surface area contributed by atoms with Gasteiger partial charge in [0, 0.05) is 12.8 Å². The number of hydrogen-bond donors (Lipinski definition) is 4. The fraction of sp³-hybridized carbons (Fsp3) is 0.955. The van der Waals surface area contributed by atoms with Crippen molar-refractivity contribution in [2.75, 3.05) is 11.5 Å². The van der Waals surface area contributed by atoms with Crippen LogP contribution in [0, 0.1) is 0 Å². The second-order valence-electron chi connectivity index (χ2n) is 14.3. The molecule has 4 nitrogen and oxygen atoms in total. The summed E-state index contributed by atoms with van der Waals surface area (Å²) < 4.78 is 0. The number of rotatable bonds is 36. The van der Waals surface area contributed by atoms with Crippen molar-refractivity contribution in [3.63, 3.8) is 0 Å². The smallest absolute Gasteiger partial charge is 0.303 e. The lowest BCUT2D eigenvalue weighted by atomic mass is 10.0. The molecule has 0 amide bonds. The van der Waals surface area contributed by atoms with Crippen molar-refractivity contribution in [3.05, 3.63) is 0 Å². The van der Waals surface area contributed by atoms with Gasteiger partial charge in [0.1, 0.15) is 0 Å². The van der Waals surface area contributed by atoms with E-state index in [-0.39, 0.29) is 0 Å². The Kier molecular flexibility index (Phi) is 65.4. The Balaban J connectivity index is -0.000000318. The first-order chi connectivity index (χ1) is 24.4. The van der Waals surface area contributed by atoms with Crippen molar-refractivity contribution in [1.29, 1.82) is 0 Å². The topological polar surface area (TPSA) is 74.6 Å². The number of thiol groups is 2. The molecular weight excluding hydrogens is 657 g/mol. The van der Waals surface area contributed by atoms with Crippen molar-refractivity contribution in [3.8, 4) is 0 Å². The van der Waals surface area contributed by atoms with E-state index in [2.05, 4.69) is 53.0 Å². The Morgan fingerprint density at radius 1 is 0.300 bits per heavy atom. The molecule has 0 aromatic heterocycles. The summed E-state index contributed by atoms with van der Waals surface area (Å²) in [5.74, 6) is 0.788. The van der Waals surface area contributed by atoms with Gasteiger partial charge in [0.2, 0.25) is 0 Å². The van der Waals surface area contributed by atoms with E-state index in [0.717, 1.165) is 43.6 Å². The predicted octanol–water partition coefficient (Wildman–Crippen LogP) is 16.1. The van der Waals surface area contributed by atoms with Crippen molar-refractivity contribution < 1.29 is 19.8 Å². The number of carbonyl (C=O) groups is 2. The molecule has 0 heterocycles. The normalized spacial score (nSPS) is 10.4. The first-order valence-corrected chi connectivity index (χ1v) is 23.3. The third-order valence-electron chi connectivity index (χ3n) is 9.01. The van der Waals surface area contributed by atoms with Crippen molar-refractivity contribution in [2.24, 2.45) is 0 Å². The quantitative estimate of drug-likeness (QED) is 0.0380. The van der Waals surface area contributed by atoms with Gasteiger partial charge in [0.15, 0.2) is 0 Å². The fourth-order valence-electron chi connectivity index (χ4n) is 5.67. The fourth-order valence-corrected chi connectivity index (χ4v) is 6.11. The second kappa shape index (κ2) is 58.0. The van der Waals surface area contributed by atoms with Crippen LogP contribution in [0.4, 0.5) is 0 Å². The molecule has 0 saturated carbocycles. The monoisotopic (exact) mass is 749 g/mol.